The largest absolute Gasteiger partial charge is 0.503 e. The van der Waals surface area contributed by atoms with Gasteiger partial charge in [0.15, 0.2) is 11.4 Å². The van der Waals surface area contributed by atoms with Gasteiger partial charge in [0.05, 0.1) is 12.7 Å². The van der Waals surface area contributed by atoms with E-state index < -0.39 is 17.1 Å². The standard InChI is InChI=1S/C21H27N3O3/c1-14(2)15-6-8-16(9-7-15)21(10-4-5-11-21)13-24-12-17(25)19(26)18(23-24)20(27)22-3/h6-9,12,14,25H,4-5,10-11,13H2,1-3H3,(H,22,27). The zero-order chi connectivity index (χ0) is 19.6. The highest BCUT2D eigenvalue weighted by Crippen LogP contribution is 2.42. The lowest BCUT2D eigenvalue weighted by molar-refractivity contribution is 0.0953. The van der Waals surface area contributed by atoms with Crippen molar-refractivity contribution in [3.63, 3.8) is 0 Å². The van der Waals surface area contributed by atoms with Crippen LogP contribution in [-0.4, -0.2) is 27.8 Å². The van der Waals surface area contributed by atoms with Crippen molar-refractivity contribution in [1.82, 2.24) is 15.1 Å². The smallest absolute Gasteiger partial charge is 0.275 e. The zero-order valence-electron chi connectivity index (χ0n) is 16.2. The molecule has 6 nitrogen and oxygen atoms in total. The average Bonchev–Trinajstić information content (AvgIpc) is 3.13. The van der Waals surface area contributed by atoms with Crippen molar-refractivity contribution >= 4 is 5.91 Å². The molecule has 0 radical (unpaired) electrons. The van der Waals surface area contributed by atoms with Crippen LogP contribution in [0, 0.1) is 0 Å². The third kappa shape index (κ3) is 3.75. The van der Waals surface area contributed by atoms with E-state index in [9.17, 15) is 14.7 Å². The van der Waals surface area contributed by atoms with Crippen LogP contribution in [0.15, 0.2) is 35.3 Å². The van der Waals surface area contributed by atoms with Crippen LogP contribution in [0.2, 0.25) is 0 Å². The molecule has 3 rings (SSSR count). The fraction of sp³-hybridized carbons (Fsp3) is 0.476. The summed E-state index contributed by atoms with van der Waals surface area (Å²) in [5, 5.41) is 16.6. The molecule has 1 fully saturated rings. The molecule has 0 spiro atoms. The van der Waals surface area contributed by atoms with Crippen molar-refractivity contribution in [3.8, 4) is 5.75 Å². The summed E-state index contributed by atoms with van der Waals surface area (Å²) in [5.41, 5.74) is 1.41. The van der Waals surface area contributed by atoms with E-state index in [1.807, 2.05) is 0 Å². The molecule has 2 N–H and O–H groups in total. The first-order valence-electron chi connectivity index (χ1n) is 9.49. The first-order valence-corrected chi connectivity index (χ1v) is 9.49. The Balaban J connectivity index is 1.99. The molecule has 0 saturated heterocycles. The Hall–Kier alpha value is -2.63. The highest BCUT2D eigenvalue weighted by molar-refractivity contribution is 5.92. The first kappa shape index (κ1) is 19.1. The van der Waals surface area contributed by atoms with Crippen LogP contribution >= 0.6 is 0 Å². The van der Waals surface area contributed by atoms with Crippen molar-refractivity contribution in [3.05, 3.63) is 57.5 Å². The highest BCUT2D eigenvalue weighted by Gasteiger charge is 2.36. The molecule has 0 unspecified atom stereocenters. The van der Waals surface area contributed by atoms with Crippen molar-refractivity contribution in [2.75, 3.05) is 7.05 Å². The summed E-state index contributed by atoms with van der Waals surface area (Å²) < 4.78 is 1.54. The molecular weight excluding hydrogens is 342 g/mol. The second-order valence-corrected chi connectivity index (χ2v) is 7.73. The molecule has 1 heterocycles. The van der Waals surface area contributed by atoms with Crippen LogP contribution in [0.3, 0.4) is 0 Å². The minimum absolute atomic E-state index is 0.107. The summed E-state index contributed by atoms with van der Waals surface area (Å²) in [7, 11) is 1.44. The molecule has 0 aliphatic heterocycles. The van der Waals surface area contributed by atoms with Crippen LogP contribution in [-0.2, 0) is 12.0 Å². The second-order valence-electron chi connectivity index (χ2n) is 7.73. The van der Waals surface area contributed by atoms with Crippen LogP contribution in [0.5, 0.6) is 5.75 Å². The molecule has 1 saturated carbocycles. The summed E-state index contributed by atoms with van der Waals surface area (Å²) >= 11 is 0. The highest BCUT2D eigenvalue weighted by atomic mass is 16.3. The average molecular weight is 369 g/mol. The minimum Gasteiger partial charge on any atom is -0.503 e. The number of aromatic nitrogens is 2. The van der Waals surface area contributed by atoms with E-state index >= 15 is 0 Å². The van der Waals surface area contributed by atoms with E-state index in [1.54, 1.807) is 4.68 Å². The maximum Gasteiger partial charge on any atom is 0.275 e. The molecule has 1 amide bonds. The maximum absolute atomic E-state index is 12.0. The van der Waals surface area contributed by atoms with Crippen molar-refractivity contribution in [2.45, 2.75) is 57.4 Å². The Morgan fingerprint density at radius 1 is 1.26 bits per heavy atom. The number of hydrogen-bond donors (Lipinski definition) is 2. The van der Waals surface area contributed by atoms with Gasteiger partial charge in [-0.2, -0.15) is 5.10 Å². The molecule has 1 aromatic heterocycles. The molecule has 0 bridgehead atoms. The van der Waals surface area contributed by atoms with Crippen LogP contribution < -0.4 is 10.7 Å². The van der Waals surface area contributed by atoms with Crippen LogP contribution in [0.1, 0.15) is 67.1 Å². The fourth-order valence-corrected chi connectivity index (χ4v) is 3.99. The summed E-state index contributed by atoms with van der Waals surface area (Å²) in [4.78, 5) is 24.0. The second kappa shape index (κ2) is 7.55. The third-order valence-electron chi connectivity index (χ3n) is 5.60. The normalized spacial score (nSPS) is 15.9. The summed E-state index contributed by atoms with van der Waals surface area (Å²) in [6.07, 6.45) is 5.61. The molecule has 144 valence electrons. The molecule has 2 aromatic rings. The third-order valence-corrected chi connectivity index (χ3v) is 5.60. The van der Waals surface area contributed by atoms with Gasteiger partial charge in [0.25, 0.3) is 11.3 Å². The lowest BCUT2D eigenvalue weighted by Gasteiger charge is -2.30. The van der Waals surface area contributed by atoms with E-state index in [0.29, 0.717) is 12.5 Å². The Kier molecular flexibility index (Phi) is 5.35. The number of carbonyl (C=O) groups excluding carboxylic acids is 1. The van der Waals surface area contributed by atoms with Gasteiger partial charge >= 0.3 is 0 Å². The number of nitrogens with zero attached hydrogens (tertiary/aromatic N) is 2. The molecule has 1 aliphatic rings. The van der Waals surface area contributed by atoms with E-state index in [1.165, 1.54) is 24.4 Å². The SMILES string of the molecule is CNC(=O)c1nn(CC2(c3ccc(C(C)C)cc3)CCCC2)cc(O)c1=O. The number of rotatable bonds is 5. The predicted octanol–water partition coefficient (Wildman–Crippen LogP) is 2.94. The Morgan fingerprint density at radius 3 is 2.44 bits per heavy atom. The number of carbonyl (C=O) groups is 1. The topological polar surface area (TPSA) is 84.2 Å². The molecule has 6 heteroatoms. The van der Waals surface area contributed by atoms with Crippen LogP contribution in [0.4, 0.5) is 0 Å². The quantitative estimate of drug-likeness (QED) is 0.849. The van der Waals surface area contributed by atoms with E-state index in [-0.39, 0.29) is 11.1 Å². The Bertz CT molecular complexity index is 879. The number of hydrogen-bond acceptors (Lipinski definition) is 4. The van der Waals surface area contributed by atoms with Gasteiger partial charge in [0, 0.05) is 12.5 Å². The lowest BCUT2D eigenvalue weighted by Crippen LogP contribution is -2.33. The van der Waals surface area contributed by atoms with Crippen molar-refractivity contribution < 1.29 is 9.90 Å². The summed E-state index contributed by atoms with van der Waals surface area (Å²) in [6, 6.07) is 8.71. The maximum atomic E-state index is 12.0. The molecule has 27 heavy (non-hydrogen) atoms. The molecule has 1 aromatic carbocycles. The van der Waals surface area contributed by atoms with Crippen molar-refractivity contribution in [1.29, 1.82) is 0 Å². The van der Waals surface area contributed by atoms with E-state index in [2.05, 4.69) is 48.5 Å². The lowest BCUT2D eigenvalue weighted by atomic mass is 9.78. The van der Waals surface area contributed by atoms with E-state index in [0.717, 1.165) is 25.7 Å². The number of benzene rings is 1. The van der Waals surface area contributed by atoms with Gasteiger partial charge < -0.3 is 10.4 Å². The number of aromatic hydroxyl groups is 1. The molecule has 1 aliphatic carbocycles. The summed E-state index contributed by atoms with van der Waals surface area (Å²) in [6.45, 7) is 4.87. The zero-order valence-corrected chi connectivity index (χ0v) is 16.2. The number of nitrogens with one attached hydrogen (secondary N) is 1. The van der Waals surface area contributed by atoms with Gasteiger partial charge in [-0.25, -0.2) is 0 Å². The fourth-order valence-electron chi connectivity index (χ4n) is 3.99. The van der Waals surface area contributed by atoms with Gasteiger partial charge in [-0.3, -0.25) is 14.3 Å². The van der Waals surface area contributed by atoms with Gasteiger partial charge in [0.1, 0.15) is 0 Å². The number of amides is 1. The monoisotopic (exact) mass is 369 g/mol. The molecule has 0 atom stereocenters. The minimum atomic E-state index is -0.743. The van der Waals surface area contributed by atoms with Gasteiger partial charge in [0.2, 0.25) is 0 Å². The van der Waals surface area contributed by atoms with Crippen LogP contribution in [0.25, 0.3) is 0 Å². The van der Waals surface area contributed by atoms with Gasteiger partial charge in [-0.15, -0.1) is 0 Å². The first-order chi connectivity index (χ1) is 12.9. The van der Waals surface area contributed by atoms with Crippen molar-refractivity contribution in [2.24, 2.45) is 0 Å². The van der Waals surface area contributed by atoms with E-state index in [4.69, 9.17) is 0 Å². The Morgan fingerprint density at radius 2 is 1.89 bits per heavy atom. The summed E-state index contributed by atoms with van der Waals surface area (Å²) in [5.74, 6) is -0.565. The predicted molar refractivity (Wildman–Crippen MR) is 104 cm³/mol. The van der Waals surface area contributed by atoms with Gasteiger partial charge in [-0.05, 0) is 29.9 Å². The Labute approximate surface area is 159 Å². The van der Waals surface area contributed by atoms with Gasteiger partial charge in [-0.1, -0.05) is 51.0 Å². The molecular formula is C21H27N3O3.